The Bertz CT molecular complexity index is 1160. The Morgan fingerprint density at radius 1 is 1.12 bits per heavy atom. The molecule has 1 saturated heterocycles. The molecule has 0 bridgehead atoms. The van der Waals surface area contributed by atoms with Crippen molar-refractivity contribution in [3.63, 3.8) is 0 Å². The molecule has 0 radical (unpaired) electrons. The van der Waals surface area contributed by atoms with Gasteiger partial charge in [0.1, 0.15) is 11.5 Å². The zero-order chi connectivity index (χ0) is 24.3. The van der Waals surface area contributed by atoms with Gasteiger partial charge in [0.05, 0.1) is 11.8 Å². The molecule has 1 aliphatic heterocycles. The summed E-state index contributed by atoms with van der Waals surface area (Å²) in [6, 6.07) is 12.6. The number of amides is 1. The molecular weight excluding hydrogens is 448 g/mol. The first-order valence-corrected chi connectivity index (χ1v) is 11.2. The molecule has 2 aromatic carbocycles. The Kier molecular flexibility index (Phi) is 7.02. The van der Waals surface area contributed by atoms with Gasteiger partial charge in [0.15, 0.2) is 5.69 Å². The van der Waals surface area contributed by atoms with Crippen LogP contribution in [0, 0.1) is 11.7 Å². The minimum atomic E-state index is -4.91. The van der Waals surface area contributed by atoms with Gasteiger partial charge in [-0.3, -0.25) is 9.69 Å². The van der Waals surface area contributed by atoms with Crippen LogP contribution in [0.2, 0.25) is 0 Å². The number of nitrogens with one attached hydrogen (secondary N) is 1. The van der Waals surface area contributed by atoms with E-state index in [2.05, 4.69) is 22.2 Å². The SMILES string of the molecule is CC1CCCN(Cc2ccccc2CNC(=O)c2cnn(-c3ccccc3F)c2C(F)(F)F)C1. The Morgan fingerprint density at radius 2 is 1.82 bits per heavy atom. The normalized spacial score (nSPS) is 17.0. The van der Waals surface area contributed by atoms with Gasteiger partial charge in [-0.05, 0) is 48.6 Å². The second-order valence-electron chi connectivity index (χ2n) is 8.70. The predicted octanol–water partition coefficient (Wildman–Crippen LogP) is 5.19. The van der Waals surface area contributed by atoms with Crippen LogP contribution in [0.1, 0.15) is 46.9 Å². The van der Waals surface area contributed by atoms with Crippen LogP contribution in [0.25, 0.3) is 5.69 Å². The maximum Gasteiger partial charge on any atom is 0.434 e. The fraction of sp³-hybridized carbons (Fsp3) is 0.360. The Balaban J connectivity index is 1.54. The number of alkyl halides is 3. The van der Waals surface area contributed by atoms with Crippen molar-refractivity contribution in [3.8, 4) is 5.69 Å². The largest absolute Gasteiger partial charge is 0.434 e. The van der Waals surface area contributed by atoms with Crippen LogP contribution >= 0.6 is 0 Å². The molecule has 1 fully saturated rings. The van der Waals surface area contributed by atoms with Gasteiger partial charge < -0.3 is 5.32 Å². The van der Waals surface area contributed by atoms with Crippen molar-refractivity contribution < 1.29 is 22.4 Å². The number of benzene rings is 2. The highest BCUT2D eigenvalue weighted by molar-refractivity contribution is 5.95. The lowest BCUT2D eigenvalue weighted by atomic mass is 9.99. The van der Waals surface area contributed by atoms with E-state index in [1.165, 1.54) is 24.6 Å². The highest BCUT2D eigenvalue weighted by Gasteiger charge is 2.41. The lowest BCUT2D eigenvalue weighted by molar-refractivity contribution is -0.143. The zero-order valence-electron chi connectivity index (χ0n) is 18.8. The standard InChI is InChI=1S/C25H26F4N4O/c1-17-7-6-12-32(15-17)16-19-9-3-2-8-18(19)13-30-24(34)20-14-31-33(23(20)25(27,28)29)22-11-5-4-10-21(22)26/h2-5,8-11,14,17H,6-7,12-13,15-16H2,1H3,(H,30,34). The van der Waals surface area contributed by atoms with Crippen molar-refractivity contribution in [2.75, 3.05) is 13.1 Å². The summed E-state index contributed by atoms with van der Waals surface area (Å²) >= 11 is 0. The highest BCUT2D eigenvalue weighted by atomic mass is 19.4. The van der Waals surface area contributed by atoms with Crippen LogP contribution in [-0.4, -0.2) is 33.7 Å². The van der Waals surface area contributed by atoms with Crippen molar-refractivity contribution in [1.82, 2.24) is 20.0 Å². The maximum absolute atomic E-state index is 14.2. The van der Waals surface area contributed by atoms with Crippen LogP contribution in [0.5, 0.6) is 0 Å². The third-order valence-corrected chi connectivity index (χ3v) is 6.06. The lowest BCUT2D eigenvalue weighted by Gasteiger charge is -2.31. The van der Waals surface area contributed by atoms with E-state index in [1.807, 2.05) is 24.3 Å². The summed E-state index contributed by atoms with van der Waals surface area (Å²) in [4.78, 5) is 15.1. The molecule has 1 atom stereocenters. The van der Waals surface area contributed by atoms with Crippen molar-refractivity contribution in [3.05, 3.63) is 82.9 Å². The van der Waals surface area contributed by atoms with Crippen molar-refractivity contribution in [1.29, 1.82) is 0 Å². The minimum absolute atomic E-state index is 0.0700. The summed E-state index contributed by atoms with van der Waals surface area (Å²) in [5.74, 6) is -1.17. The van der Waals surface area contributed by atoms with E-state index in [0.717, 1.165) is 49.4 Å². The monoisotopic (exact) mass is 474 g/mol. The number of likely N-dealkylation sites (tertiary alicyclic amines) is 1. The topological polar surface area (TPSA) is 50.2 Å². The molecule has 5 nitrogen and oxygen atoms in total. The quantitative estimate of drug-likeness (QED) is 0.500. The minimum Gasteiger partial charge on any atom is -0.348 e. The molecule has 1 amide bonds. The molecule has 0 saturated carbocycles. The Morgan fingerprint density at radius 3 is 2.53 bits per heavy atom. The summed E-state index contributed by atoms with van der Waals surface area (Å²) in [5.41, 5.74) is -0.488. The van der Waals surface area contributed by atoms with Gasteiger partial charge in [0.25, 0.3) is 5.91 Å². The van der Waals surface area contributed by atoms with Crippen LogP contribution in [0.3, 0.4) is 0 Å². The first kappa shape index (κ1) is 23.9. The molecule has 34 heavy (non-hydrogen) atoms. The third-order valence-electron chi connectivity index (χ3n) is 6.06. The summed E-state index contributed by atoms with van der Waals surface area (Å²) in [7, 11) is 0. The first-order valence-electron chi connectivity index (χ1n) is 11.2. The second kappa shape index (κ2) is 9.97. The zero-order valence-corrected chi connectivity index (χ0v) is 18.8. The number of para-hydroxylation sites is 1. The van der Waals surface area contributed by atoms with Crippen molar-refractivity contribution in [2.45, 2.75) is 39.0 Å². The second-order valence-corrected chi connectivity index (χ2v) is 8.70. The highest BCUT2D eigenvalue weighted by Crippen LogP contribution is 2.34. The van der Waals surface area contributed by atoms with Crippen molar-refractivity contribution in [2.24, 2.45) is 5.92 Å². The van der Waals surface area contributed by atoms with Gasteiger partial charge in [-0.25, -0.2) is 9.07 Å². The Labute approximate surface area is 195 Å². The van der Waals surface area contributed by atoms with Gasteiger partial charge in [0.2, 0.25) is 0 Å². The van der Waals surface area contributed by atoms with Gasteiger partial charge >= 0.3 is 6.18 Å². The smallest absolute Gasteiger partial charge is 0.348 e. The van der Waals surface area contributed by atoms with E-state index in [-0.39, 0.29) is 12.2 Å². The number of nitrogens with zero attached hydrogens (tertiary/aromatic N) is 3. The number of hydrogen-bond acceptors (Lipinski definition) is 3. The fourth-order valence-corrected chi connectivity index (χ4v) is 4.42. The van der Waals surface area contributed by atoms with Crippen molar-refractivity contribution >= 4 is 5.91 Å². The van der Waals surface area contributed by atoms with E-state index in [1.54, 1.807) is 0 Å². The number of carbonyl (C=O) groups excluding carboxylic acids is 1. The van der Waals surface area contributed by atoms with Gasteiger partial charge in [-0.15, -0.1) is 0 Å². The number of rotatable bonds is 6. The number of hydrogen-bond donors (Lipinski definition) is 1. The molecule has 3 aromatic rings. The molecule has 1 aliphatic rings. The molecule has 180 valence electrons. The molecule has 1 aromatic heterocycles. The first-order chi connectivity index (χ1) is 16.2. The number of piperidine rings is 1. The molecule has 1 N–H and O–H groups in total. The van der Waals surface area contributed by atoms with Crippen LogP contribution in [0.4, 0.5) is 17.6 Å². The average molecular weight is 475 g/mol. The van der Waals surface area contributed by atoms with E-state index in [0.29, 0.717) is 10.6 Å². The number of aromatic nitrogens is 2. The molecule has 0 aliphatic carbocycles. The fourth-order valence-electron chi connectivity index (χ4n) is 4.42. The molecule has 1 unspecified atom stereocenters. The molecule has 2 heterocycles. The number of halogens is 4. The van der Waals surface area contributed by atoms with Gasteiger partial charge in [-0.1, -0.05) is 43.3 Å². The third kappa shape index (κ3) is 5.30. The van der Waals surface area contributed by atoms with Gasteiger partial charge in [0, 0.05) is 19.6 Å². The van der Waals surface area contributed by atoms with Crippen LogP contribution < -0.4 is 5.32 Å². The van der Waals surface area contributed by atoms with Gasteiger partial charge in [-0.2, -0.15) is 18.3 Å². The molecule has 4 rings (SSSR count). The summed E-state index contributed by atoms with van der Waals surface area (Å²) in [6.45, 7) is 4.99. The van der Waals surface area contributed by atoms with E-state index in [9.17, 15) is 22.4 Å². The average Bonchev–Trinajstić information content (AvgIpc) is 3.24. The maximum atomic E-state index is 14.2. The summed E-state index contributed by atoms with van der Waals surface area (Å²) in [6.07, 6.45) is -1.75. The van der Waals surface area contributed by atoms with Crippen LogP contribution in [-0.2, 0) is 19.3 Å². The molecule has 0 spiro atoms. The molecular formula is C25H26F4N4O. The summed E-state index contributed by atoms with van der Waals surface area (Å²) in [5, 5.41) is 6.27. The van der Waals surface area contributed by atoms with E-state index >= 15 is 0 Å². The Hall–Kier alpha value is -3.20. The summed E-state index contributed by atoms with van der Waals surface area (Å²) < 4.78 is 56.2. The van der Waals surface area contributed by atoms with E-state index < -0.39 is 29.2 Å². The van der Waals surface area contributed by atoms with Crippen LogP contribution in [0.15, 0.2) is 54.7 Å². The van der Waals surface area contributed by atoms with E-state index in [4.69, 9.17) is 0 Å². The number of carbonyl (C=O) groups is 1. The lowest BCUT2D eigenvalue weighted by Crippen LogP contribution is -2.34. The molecule has 9 heteroatoms. The predicted molar refractivity (Wildman–Crippen MR) is 120 cm³/mol.